The molecule has 1 N–H and O–H groups in total. The van der Waals surface area contributed by atoms with Gasteiger partial charge in [-0.1, -0.05) is 6.08 Å². The highest BCUT2D eigenvalue weighted by Crippen LogP contribution is 2.20. The summed E-state index contributed by atoms with van der Waals surface area (Å²) in [6.07, 6.45) is 3.86. The number of rotatable bonds is 1. The van der Waals surface area contributed by atoms with Crippen LogP contribution in [0.5, 0.6) is 0 Å². The van der Waals surface area contributed by atoms with E-state index < -0.39 is 0 Å². The molecule has 1 aromatic heterocycles. The molecule has 0 aliphatic carbocycles. The number of hydrogen-bond acceptors (Lipinski definition) is 2. The van der Waals surface area contributed by atoms with Gasteiger partial charge in [0.25, 0.3) is 0 Å². The van der Waals surface area contributed by atoms with E-state index in [4.69, 9.17) is 16.0 Å². The molecule has 0 saturated carbocycles. The average molecular weight is 198 g/mol. The standard InChI is InChI=1S/C10H12ClNO/c1-7-2-9(6-13-7)8-3-10(11)5-12-4-8/h2-3,6,10,12H,4-5H2,1H3. The molecule has 1 aromatic rings. The van der Waals surface area contributed by atoms with E-state index in [1.807, 2.05) is 13.0 Å². The van der Waals surface area contributed by atoms with Gasteiger partial charge in [0, 0.05) is 18.7 Å². The first-order valence-corrected chi connectivity index (χ1v) is 4.80. The monoisotopic (exact) mass is 197 g/mol. The fourth-order valence-electron chi connectivity index (χ4n) is 1.49. The number of hydrogen-bond donors (Lipinski definition) is 1. The molecule has 1 unspecified atom stereocenters. The lowest BCUT2D eigenvalue weighted by atomic mass is 10.1. The Morgan fingerprint density at radius 2 is 2.46 bits per heavy atom. The molecule has 3 heteroatoms. The molecular weight excluding hydrogens is 186 g/mol. The lowest BCUT2D eigenvalue weighted by Crippen LogP contribution is -2.28. The van der Waals surface area contributed by atoms with Crippen molar-refractivity contribution in [3.05, 3.63) is 29.7 Å². The molecule has 1 aliphatic heterocycles. The van der Waals surface area contributed by atoms with Crippen LogP contribution in [0.1, 0.15) is 11.3 Å². The Hall–Kier alpha value is -0.730. The summed E-state index contributed by atoms with van der Waals surface area (Å²) in [4.78, 5) is 0. The second-order valence-corrected chi connectivity index (χ2v) is 3.85. The van der Waals surface area contributed by atoms with Gasteiger partial charge in [0.1, 0.15) is 5.76 Å². The van der Waals surface area contributed by atoms with Gasteiger partial charge in [-0.2, -0.15) is 0 Å². The van der Waals surface area contributed by atoms with Crippen molar-refractivity contribution in [3.63, 3.8) is 0 Å². The van der Waals surface area contributed by atoms with Crippen molar-refractivity contribution >= 4 is 17.2 Å². The Bertz CT molecular complexity index is 329. The molecule has 70 valence electrons. The Morgan fingerprint density at radius 3 is 3.08 bits per heavy atom. The molecule has 0 saturated heterocycles. The number of aryl methyl sites for hydroxylation is 1. The third-order valence-corrected chi connectivity index (χ3v) is 2.42. The molecule has 0 amide bonds. The Labute approximate surface area is 82.6 Å². The van der Waals surface area contributed by atoms with Gasteiger partial charge < -0.3 is 9.73 Å². The number of halogens is 1. The molecule has 1 atom stereocenters. The summed E-state index contributed by atoms with van der Waals surface area (Å²) in [7, 11) is 0. The SMILES string of the molecule is Cc1cc(C2=CC(Cl)CNC2)co1. The predicted molar refractivity (Wildman–Crippen MR) is 53.9 cm³/mol. The number of furan rings is 1. The average Bonchev–Trinajstić information content (AvgIpc) is 2.52. The van der Waals surface area contributed by atoms with E-state index in [9.17, 15) is 0 Å². The third-order valence-electron chi connectivity index (χ3n) is 2.14. The smallest absolute Gasteiger partial charge is 0.101 e. The first kappa shape index (κ1) is 8.85. The molecule has 0 fully saturated rings. The summed E-state index contributed by atoms with van der Waals surface area (Å²) in [5.41, 5.74) is 2.36. The second-order valence-electron chi connectivity index (χ2n) is 3.28. The summed E-state index contributed by atoms with van der Waals surface area (Å²) in [5, 5.41) is 3.35. The van der Waals surface area contributed by atoms with Crippen LogP contribution >= 0.6 is 11.6 Å². The van der Waals surface area contributed by atoms with Crippen LogP contribution in [0, 0.1) is 6.92 Å². The fraction of sp³-hybridized carbons (Fsp3) is 0.400. The molecular formula is C10H12ClNO. The maximum Gasteiger partial charge on any atom is 0.101 e. The third kappa shape index (κ3) is 1.95. The van der Waals surface area contributed by atoms with Crippen molar-refractivity contribution in [3.8, 4) is 0 Å². The normalized spacial score (nSPS) is 22.9. The molecule has 1 aliphatic rings. The van der Waals surface area contributed by atoms with E-state index in [0.29, 0.717) is 0 Å². The Balaban J connectivity index is 2.25. The van der Waals surface area contributed by atoms with E-state index >= 15 is 0 Å². The van der Waals surface area contributed by atoms with Crippen LogP contribution in [0.15, 0.2) is 22.8 Å². The minimum absolute atomic E-state index is 0.0963. The van der Waals surface area contributed by atoms with E-state index in [1.165, 1.54) is 5.57 Å². The minimum Gasteiger partial charge on any atom is -0.469 e. The molecule has 0 spiro atoms. The van der Waals surface area contributed by atoms with Crippen molar-refractivity contribution in [2.24, 2.45) is 0 Å². The quantitative estimate of drug-likeness (QED) is 0.699. The van der Waals surface area contributed by atoms with Gasteiger partial charge in [0.05, 0.1) is 11.6 Å². The maximum absolute atomic E-state index is 6.00. The van der Waals surface area contributed by atoms with Gasteiger partial charge in [-0.3, -0.25) is 0 Å². The lowest BCUT2D eigenvalue weighted by Gasteiger charge is -2.16. The zero-order valence-electron chi connectivity index (χ0n) is 7.51. The van der Waals surface area contributed by atoms with E-state index in [1.54, 1.807) is 6.26 Å². The molecule has 2 nitrogen and oxygen atoms in total. The first-order valence-electron chi connectivity index (χ1n) is 4.36. The highest BCUT2D eigenvalue weighted by atomic mass is 35.5. The van der Waals surface area contributed by atoms with Crippen molar-refractivity contribution in [1.29, 1.82) is 0 Å². The molecule has 2 heterocycles. The second kappa shape index (κ2) is 3.56. The van der Waals surface area contributed by atoms with Gasteiger partial charge in [-0.15, -0.1) is 11.6 Å². The van der Waals surface area contributed by atoms with Crippen LogP contribution in [0.4, 0.5) is 0 Å². The van der Waals surface area contributed by atoms with Crippen molar-refractivity contribution < 1.29 is 4.42 Å². The largest absolute Gasteiger partial charge is 0.469 e. The summed E-state index contributed by atoms with van der Waals surface area (Å²) < 4.78 is 5.24. The van der Waals surface area contributed by atoms with Crippen molar-refractivity contribution in [2.75, 3.05) is 13.1 Å². The Kier molecular flexibility index (Phi) is 2.42. The van der Waals surface area contributed by atoms with E-state index in [-0.39, 0.29) is 5.38 Å². The highest BCUT2D eigenvalue weighted by molar-refractivity contribution is 6.22. The lowest BCUT2D eigenvalue weighted by molar-refractivity contribution is 0.533. The van der Waals surface area contributed by atoms with E-state index in [0.717, 1.165) is 24.4 Å². The molecule has 13 heavy (non-hydrogen) atoms. The van der Waals surface area contributed by atoms with Gasteiger partial charge in [0.2, 0.25) is 0 Å². The maximum atomic E-state index is 6.00. The summed E-state index contributed by atoms with van der Waals surface area (Å²) >= 11 is 6.00. The van der Waals surface area contributed by atoms with Gasteiger partial charge in [-0.05, 0) is 18.6 Å². The van der Waals surface area contributed by atoms with Gasteiger partial charge >= 0.3 is 0 Å². The number of alkyl halides is 1. The number of nitrogens with one attached hydrogen (secondary N) is 1. The van der Waals surface area contributed by atoms with Crippen LogP contribution in [0.3, 0.4) is 0 Å². The molecule has 0 aromatic carbocycles. The van der Waals surface area contributed by atoms with Crippen molar-refractivity contribution in [1.82, 2.24) is 5.32 Å². The summed E-state index contributed by atoms with van der Waals surface area (Å²) in [5.74, 6) is 0.938. The van der Waals surface area contributed by atoms with E-state index in [2.05, 4.69) is 11.4 Å². The first-order chi connectivity index (χ1) is 6.25. The molecule has 0 bridgehead atoms. The van der Waals surface area contributed by atoms with Gasteiger partial charge in [-0.25, -0.2) is 0 Å². The van der Waals surface area contributed by atoms with Crippen LogP contribution < -0.4 is 5.32 Å². The zero-order valence-corrected chi connectivity index (χ0v) is 8.27. The van der Waals surface area contributed by atoms with Crippen LogP contribution in [-0.2, 0) is 0 Å². The zero-order chi connectivity index (χ0) is 9.26. The van der Waals surface area contributed by atoms with Crippen LogP contribution in [0.25, 0.3) is 5.57 Å². The van der Waals surface area contributed by atoms with Gasteiger partial charge in [0.15, 0.2) is 0 Å². The van der Waals surface area contributed by atoms with Crippen LogP contribution in [0.2, 0.25) is 0 Å². The molecule has 2 rings (SSSR count). The van der Waals surface area contributed by atoms with Crippen LogP contribution in [-0.4, -0.2) is 18.5 Å². The summed E-state index contributed by atoms with van der Waals surface area (Å²) in [6, 6.07) is 2.03. The molecule has 0 radical (unpaired) electrons. The Morgan fingerprint density at radius 1 is 1.62 bits per heavy atom. The predicted octanol–water partition coefficient (Wildman–Crippen LogP) is 2.18. The highest BCUT2D eigenvalue weighted by Gasteiger charge is 2.12. The summed E-state index contributed by atoms with van der Waals surface area (Å²) in [6.45, 7) is 3.67. The fourth-order valence-corrected chi connectivity index (χ4v) is 1.75. The van der Waals surface area contributed by atoms with Crippen molar-refractivity contribution in [2.45, 2.75) is 12.3 Å². The topological polar surface area (TPSA) is 25.2 Å². The minimum atomic E-state index is 0.0963.